The largest absolute Gasteiger partial charge is 0.394 e. The number of rotatable bonds is 5. The summed E-state index contributed by atoms with van der Waals surface area (Å²) >= 11 is 0. The highest BCUT2D eigenvalue weighted by atomic mass is 16.7. The Labute approximate surface area is 176 Å². The first kappa shape index (κ1) is 25.1. The molecule has 0 unspecified atom stereocenters. The van der Waals surface area contributed by atoms with Gasteiger partial charge in [0.25, 0.3) is 0 Å². The van der Waals surface area contributed by atoms with E-state index in [1.165, 1.54) is 6.92 Å². The van der Waals surface area contributed by atoms with Crippen molar-refractivity contribution in [1.29, 1.82) is 0 Å². The summed E-state index contributed by atoms with van der Waals surface area (Å²) < 4.78 is 26.3. The predicted molar refractivity (Wildman–Crippen MR) is 93.8 cm³/mol. The maximum atomic E-state index is 10.6. The van der Waals surface area contributed by atoms with Crippen molar-refractivity contribution in [3.05, 3.63) is 0 Å². The van der Waals surface area contributed by atoms with Crippen LogP contribution in [0.1, 0.15) is 6.92 Å². The van der Waals surface area contributed by atoms with Crippen molar-refractivity contribution in [1.82, 2.24) is 0 Å². The fourth-order valence-corrected chi connectivity index (χ4v) is 3.70. The lowest BCUT2D eigenvalue weighted by molar-refractivity contribution is -0.375. The molecule has 3 rings (SSSR count). The van der Waals surface area contributed by atoms with Crippen LogP contribution in [0.3, 0.4) is 0 Å². The van der Waals surface area contributed by atoms with Gasteiger partial charge < -0.3 is 69.6 Å². The van der Waals surface area contributed by atoms with Crippen LogP contribution in [-0.2, 0) is 23.7 Å². The van der Waals surface area contributed by atoms with Gasteiger partial charge in [-0.25, -0.2) is 0 Å². The van der Waals surface area contributed by atoms with Gasteiger partial charge in [-0.1, -0.05) is 0 Å². The van der Waals surface area contributed by atoms with E-state index in [1.54, 1.807) is 0 Å². The van der Waals surface area contributed by atoms with Crippen LogP contribution in [0.25, 0.3) is 0 Å². The molecule has 0 radical (unpaired) electrons. The van der Waals surface area contributed by atoms with Crippen LogP contribution in [0.5, 0.6) is 0 Å². The summed E-state index contributed by atoms with van der Waals surface area (Å²) in [7, 11) is 0. The second kappa shape index (κ2) is 10.1. The minimum Gasteiger partial charge on any atom is -0.394 e. The molecule has 3 aliphatic heterocycles. The molecular weight excluding hydrogens is 428 g/mol. The SMILES string of the molecule is C[C@@H]1O[C@@H](O[C@@H]2[C@@H](O)[C@@H](O)[C@@H](CO)O[C@H]2O)[C@H](O)[C@H](O[C@@H]2OC[C@@H](O)[C@H](O)[C@H]2O)[C@H]1O. The summed E-state index contributed by atoms with van der Waals surface area (Å²) in [5.74, 6) is 0. The number of aliphatic hydroxyl groups is 9. The van der Waals surface area contributed by atoms with Crippen molar-refractivity contribution in [2.45, 2.75) is 92.9 Å². The molecule has 3 heterocycles. The van der Waals surface area contributed by atoms with Gasteiger partial charge in [0, 0.05) is 0 Å². The maximum Gasteiger partial charge on any atom is 0.187 e. The Bertz CT molecular complexity index is 581. The fraction of sp³-hybridized carbons (Fsp3) is 1.00. The number of hydrogen-bond acceptors (Lipinski definition) is 14. The van der Waals surface area contributed by atoms with E-state index >= 15 is 0 Å². The third kappa shape index (κ3) is 5.02. The average molecular weight is 458 g/mol. The van der Waals surface area contributed by atoms with Crippen LogP contribution in [0.2, 0.25) is 0 Å². The van der Waals surface area contributed by atoms with Gasteiger partial charge >= 0.3 is 0 Å². The zero-order valence-corrected chi connectivity index (χ0v) is 16.6. The summed E-state index contributed by atoms with van der Waals surface area (Å²) in [5.41, 5.74) is 0. The third-order valence-electron chi connectivity index (χ3n) is 5.66. The second-order valence-corrected chi connectivity index (χ2v) is 7.87. The molecule has 0 saturated carbocycles. The molecule has 14 atom stereocenters. The van der Waals surface area contributed by atoms with Crippen molar-refractivity contribution < 1.29 is 69.6 Å². The minimum absolute atomic E-state index is 0.366. The lowest BCUT2D eigenvalue weighted by atomic mass is 9.97. The van der Waals surface area contributed by atoms with Crippen LogP contribution < -0.4 is 0 Å². The Morgan fingerprint density at radius 1 is 0.710 bits per heavy atom. The molecule has 14 nitrogen and oxygen atoms in total. The van der Waals surface area contributed by atoms with Gasteiger partial charge in [0.2, 0.25) is 0 Å². The first-order valence-corrected chi connectivity index (χ1v) is 9.85. The third-order valence-corrected chi connectivity index (χ3v) is 5.66. The van der Waals surface area contributed by atoms with E-state index in [0.717, 1.165) is 0 Å². The molecule has 3 fully saturated rings. The fourth-order valence-electron chi connectivity index (χ4n) is 3.70. The highest BCUT2D eigenvalue weighted by Crippen LogP contribution is 2.31. The molecule has 31 heavy (non-hydrogen) atoms. The predicted octanol–water partition coefficient (Wildman–Crippen LogP) is -5.91. The zero-order valence-electron chi connectivity index (χ0n) is 16.6. The summed E-state index contributed by atoms with van der Waals surface area (Å²) in [5, 5.41) is 89.7. The van der Waals surface area contributed by atoms with Crippen LogP contribution in [-0.4, -0.2) is 145 Å². The van der Waals surface area contributed by atoms with Gasteiger partial charge in [0.15, 0.2) is 18.9 Å². The summed E-state index contributed by atoms with van der Waals surface area (Å²) in [4.78, 5) is 0. The minimum atomic E-state index is -1.78. The normalized spacial score (nSPS) is 54.0. The highest BCUT2D eigenvalue weighted by molar-refractivity contribution is 4.94. The van der Waals surface area contributed by atoms with Crippen molar-refractivity contribution in [2.24, 2.45) is 0 Å². The van der Waals surface area contributed by atoms with Crippen LogP contribution in [0.4, 0.5) is 0 Å². The van der Waals surface area contributed by atoms with Crippen molar-refractivity contribution in [3.63, 3.8) is 0 Å². The molecule has 3 saturated heterocycles. The summed E-state index contributed by atoms with van der Waals surface area (Å²) in [6.07, 6.45) is -21.3. The number of hydrogen-bond donors (Lipinski definition) is 9. The molecule has 0 spiro atoms. The van der Waals surface area contributed by atoms with Gasteiger partial charge in [0.1, 0.15) is 61.0 Å². The summed E-state index contributed by atoms with van der Waals surface area (Å²) in [6, 6.07) is 0. The average Bonchev–Trinajstić information content (AvgIpc) is 2.74. The van der Waals surface area contributed by atoms with E-state index in [4.69, 9.17) is 28.8 Å². The number of aliphatic hydroxyl groups excluding tert-OH is 9. The molecule has 0 bridgehead atoms. The quantitative estimate of drug-likeness (QED) is 0.187. The lowest BCUT2D eigenvalue weighted by Crippen LogP contribution is -2.65. The molecule has 0 aromatic rings. The Morgan fingerprint density at radius 3 is 2.00 bits per heavy atom. The van der Waals surface area contributed by atoms with E-state index in [-0.39, 0.29) is 6.61 Å². The monoisotopic (exact) mass is 458 g/mol. The highest BCUT2D eigenvalue weighted by Gasteiger charge is 2.51. The van der Waals surface area contributed by atoms with E-state index in [0.29, 0.717) is 0 Å². The summed E-state index contributed by atoms with van der Waals surface area (Å²) in [6.45, 7) is 0.379. The van der Waals surface area contributed by atoms with Crippen molar-refractivity contribution >= 4 is 0 Å². The van der Waals surface area contributed by atoms with E-state index in [2.05, 4.69) is 0 Å². The van der Waals surface area contributed by atoms with Gasteiger partial charge in [-0.15, -0.1) is 0 Å². The molecule has 14 heteroatoms. The molecule has 9 N–H and O–H groups in total. The Kier molecular flexibility index (Phi) is 8.21. The molecule has 182 valence electrons. The van der Waals surface area contributed by atoms with Crippen LogP contribution in [0, 0.1) is 0 Å². The van der Waals surface area contributed by atoms with Gasteiger partial charge in [-0.3, -0.25) is 0 Å². The molecule has 0 amide bonds. The van der Waals surface area contributed by atoms with Gasteiger partial charge in [-0.05, 0) is 6.92 Å². The van der Waals surface area contributed by atoms with Crippen molar-refractivity contribution in [2.75, 3.05) is 13.2 Å². The van der Waals surface area contributed by atoms with E-state index < -0.39 is 92.6 Å². The molecule has 3 aliphatic rings. The van der Waals surface area contributed by atoms with E-state index in [1.807, 2.05) is 0 Å². The van der Waals surface area contributed by atoms with Gasteiger partial charge in [-0.2, -0.15) is 0 Å². The first-order chi connectivity index (χ1) is 14.6. The second-order valence-electron chi connectivity index (χ2n) is 7.87. The maximum absolute atomic E-state index is 10.6. The van der Waals surface area contributed by atoms with Crippen molar-refractivity contribution in [3.8, 4) is 0 Å². The van der Waals surface area contributed by atoms with Crippen LogP contribution in [0.15, 0.2) is 0 Å². The standard InChI is InChI=1S/C17H30O14/c1-4-7(20)13(30-16-11(24)8(21)5(19)3-27-16)12(25)17(28-4)31-14-10(23)9(22)6(2-18)29-15(14)26/h4-26H,2-3H2,1H3/t4-,5+,6+,7-,8-,9-,10-,11+,12+,13+,14+,15+,16-,17-/m0/s1. The smallest absolute Gasteiger partial charge is 0.187 e. The zero-order chi connectivity index (χ0) is 23.0. The Hall–Kier alpha value is -0.560. The number of ether oxygens (including phenoxy) is 5. The molecular formula is C17H30O14. The topological polar surface area (TPSA) is 228 Å². The lowest BCUT2D eigenvalue weighted by Gasteiger charge is -2.46. The molecule has 0 aromatic carbocycles. The van der Waals surface area contributed by atoms with Crippen LogP contribution >= 0.6 is 0 Å². The molecule has 0 aliphatic carbocycles. The Morgan fingerprint density at radius 2 is 1.35 bits per heavy atom. The Balaban J connectivity index is 1.70. The van der Waals surface area contributed by atoms with Gasteiger partial charge in [0.05, 0.1) is 19.3 Å². The first-order valence-electron chi connectivity index (χ1n) is 9.85. The molecule has 0 aromatic heterocycles. The van der Waals surface area contributed by atoms with E-state index in [9.17, 15) is 40.9 Å².